The fraction of sp³-hybridized carbons (Fsp3) is 0.389. The van der Waals surface area contributed by atoms with Crippen LogP contribution >= 0.6 is 0 Å². The number of fused-ring (bicyclic) bond motifs is 1. The molecule has 2 aromatic rings. The van der Waals surface area contributed by atoms with Gasteiger partial charge in [0.25, 0.3) is 0 Å². The maximum atomic E-state index is 11.8. The van der Waals surface area contributed by atoms with E-state index in [1.165, 1.54) is 0 Å². The van der Waals surface area contributed by atoms with Crippen molar-refractivity contribution in [3.05, 3.63) is 48.0 Å². The molecule has 2 rings (SSSR count). The highest BCUT2D eigenvalue weighted by Crippen LogP contribution is 2.19. The van der Waals surface area contributed by atoms with E-state index in [1.807, 2.05) is 49.4 Å². The summed E-state index contributed by atoms with van der Waals surface area (Å²) in [7, 11) is 1.63. The zero-order chi connectivity index (χ0) is 16.7. The van der Waals surface area contributed by atoms with Crippen LogP contribution in [0.15, 0.2) is 42.5 Å². The van der Waals surface area contributed by atoms with E-state index in [4.69, 9.17) is 4.74 Å². The number of hydrogen-bond donors (Lipinski definition) is 3. The van der Waals surface area contributed by atoms with Gasteiger partial charge in [-0.05, 0) is 35.7 Å². The number of methoxy groups -OCH3 is 1. The van der Waals surface area contributed by atoms with Gasteiger partial charge >= 0.3 is 6.03 Å². The SMILES string of the molecule is COCC[C@@H](C)NC(=O)NC[C@@H](O)c1ccc2ccccc2c1. The Labute approximate surface area is 136 Å². The average molecular weight is 316 g/mol. The number of carbonyl (C=O) groups is 1. The molecule has 5 nitrogen and oxygen atoms in total. The second kappa shape index (κ2) is 8.50. The molecule has 0 aliphatic heterocycles. The lowest BCUT2D eigenvalue weighted by Gasteiger charge is -2.16. The van der Waals surface area contributed by atoms with Gasteiger partial charge in [-0.3, -0.25) is 0 Å². The van der Waals surface area contributed by atoms with Crippen molar-refractivity contribution in [2.45, 2.75) is 25.5 Å². The Morgan fingerprint density at radius 1 is 1.22 bits per heavy atom. The predicted molar refractivity (Wildman–Crippen MR) is 91.4 cm³/mol. The molecule has 2 aromatic carbocycles. The summed E-state index contributed by atoms with van der Waals surface area (Å²) in [5.41, 5.74) is 0.788. The molecule has 23 heavy (non-hydrogen) atoms. The van der Waals surface area contributed by atoms with E-state index in [9.17, 15) is 9.90 Å². The Bertz CT molecular complexity index is 645. The van der Waals surface area contributed by atoms with Crippen LogP contribution in [0, 0.1) is 0 Å². The van der Waals surface area contributed by atoms with E-state index in [0.717, 1.165) is 22.8 Å². The molecule has 2 atom stereocenters. The first-order valence-corrected chi connectivity index (χ1v) is 7.80. The lowest BCUT2D eigenvalue weighted by atomic mass is 10.0. The van der Waals surface area contributed by atoms with Gasteiger partial charge in [-0.2, -0.15) is 0 Å². The molecule has 5 heteroatoms. The second-order valence-corrected chi connectivity index (χ2v) is 5.66. The Kier molecular flexibility index (Phi) is 6.38. The molecule has 3 N–H and O–H groups in total. The van der Waals surface area contributed by atoms with E-state index in [0.29, 0.717) is 6.61 Å². The quantitative estimate of drug-likeness (QED) is 0.735. The predicted octanol–water partition coefficient (Wildman–Crippen LogP) is 2.60. The molecule has 0 spiro atoms. The molecule has 0 saturated heterocycles. The third kappa shape index (κ3) is 5.23. The number of amides is 2. The van der Waals surface area contributed by atoms with Crippen LogP contribution in [0.1, 0.15) is 25.0 Å². The lowest BCUT2D eigenvalue weighted by Crippen LogP contribution is -2.42. The highest BCUT2D eigenvalue weighted by molar-refractivity contribution is 5.83. The summed E-state index contributed by atoms with van der Waals surface area (Å²) >= 11 is 0. The number of rotatable bonds is 7. The highest BCUT2D eigenvalue weighted by atomic mass is 16.5. The van der Waals surface area contributed by atoms with Crippen LogP contribution in [0.3, 0.4) is 0 Å². The zero-order valence-electron chi connectivity index (χ0n) is 13.6. The van der Waals surface area contributed by atoms with Gasteiger partial charge in [0.15, 0.2) is 0 Å². The fourth-order valence-corrected chi connectivity index (χ4v) is 2.36. The third-order valence-corrected chi connectivity index (χ3v) is 3.75. The van der Waals surface area contributed by atoms with Gasteiger partial charge in [0.05, 0.1) is 6.10 Å². The van der Waals surface area contributed by atoms with Crippen LogP contribution in [0.25, 0.3) is 10.8 Å². The molecule has 0 saturated carbocycles. The highest BCUT2D eigenvalue weighted by Gasteiger charge is 2.11. The van der Waals surface area contributed by atoms with Crippen LogP contribution < -0.4 is 10.6 Å². The van der Waals surface area contributed by atoms with Crippen molar-refractivity contribution in [2.24, 2.45) is 0 Å². The minimum Gasteiger partial charge on any atom is -0.387 e. The first kappa shape index (κ1) is 17.2. The van der Waals surface area contributed by atoms with Gasteiger partial charge in [0, 0.05) is 26.3 Å². The number of nitrogens with one attached hydrogen (secondary N) is 2. The molecule has 0 aromatic heterocycles. The van der Waals surface area contributed by atoms with Crippen LogP contribution in [0.4, 0.5) is 4.79 Å². The number of carbonyl (C=O) groups excluding carboxylic acids is 1. The number of benzene rings is 2. The Morgan fingerprint density at radius 2 is 1.96 bits per heavy atom. The number of aliphatic hydroxyl groups is 1. The second-order valence-electron chi connectivity index (χ2n) is 5.66. The molecule has 0 unspecified atom stereocenters. The Morgan fingerprint density at radius 3 is 2.70 bits per heavy atom. The van der Waals surface area contributed by atoms with Crippen molar-refractivity contribution in [1.82, 2.24) is 10.6 Å². The summed E-state index contributed by atoms with van der Waals surface area (Å²) < 4.78 is 4.97. The van der Waals surface area contributed by atoms with E-state index in [2.05, 4.69) is 10.6 Å². The molecule has 124 valence electrons. The molecular formula is C18H24N2O3. The first-order chi connectivity index (χ1) is 11.1. The van der Waals surface area contributed by atoms with Gasteiger partial charge in [0.1, 0.15) is 0 Å². The van der Waals surface area contributed by atoms with Crippen LogP contribution in [-0.2, 0) is 4.74 Å². The van der Waals surface area contributed by atoms with Crippen molar-refractivity contribution in [2.75, 3.05) is 20.3 Å². The smallest absolute Gasteiger partial charge is 0.315 e. The molecule has 0 aliphatic rings. The summed E-state index contributed by atoms with van der Waals surface area (Å²) in [4.78, 5) is 11.8. The molecule has 0 bridgehead atoms. The van der Waals surface area contributed by atoms with Crippen LogP contribution in [0.2, 0.25) is 0 Å². The van der Waals surface area contributed by atoms with Gasteiger partial charge in [-0.15, -0.1) is 0 Å². The zero-order valence-corrected chi connectivity index (χ0v) is 13.6. The number of aliphatic hydroxyl groups excluding tert-OH is 1. The monoisotopic (exact) mass is 316 g/mol. The van der Waals surface area contributed by atoms with Crippen molar-refractivity contribution in [3.8, 4) is 0 Å². The first-order valence-electron chi connectivity index (χ1n) is 7.80. The third-order valence-electron chi connectivity index (χ3n) is 3.75. The fourth-order valence-electron chi connectivity index (χ4n) is 2.36. The van der Waals surface area contributed by atoms with Crippen LogP contribution in [0.5, 0.6) is 0 Å². The van der Waals surface area contributed by atoms with Crippen molar-refractivity contribution in [3.63, 3.8) is 0 Å². The Balaban J connectivity index is 1.85. The molecule has 0 radical (unpaired) electrons. The summed E-state index contributed by atoms with van der Waals surface area (Å²) in [5.74, 6) is 0. The molecule has 0 fully saturated rings. The maximum absolute atomic E-state index is 11.8. The topological polar surface area (TPSA) is 70.6 Å². The van der Waals surface area contributed by atoms with Crippen molar-refractivity contribution in [1.29, 1.82) is 0 Å². The van der Waals surface area contributed by atoms with E-state index in [1.54, 1.807) is 7.11 Å². The molecule has 0 aliphatic carbocycles. The maximum Gasteiger partial charge on any atom is 0.315 e. The minimum absolute atomic E-state index is 0.0211. The number of ether oxygens (including phenoxy) is 1. The van der Waals surface area contributed by atoms with E-state index < -0.39 is 6.10 Å². The summed E-state index contributed by atoms with van der Waals surface area (Å²) in [6, 6.07) is 13.5. The van der Waals surface area contributed by atoms with Crippen molar-refractivity contribution >= 4 is 16.8 Å². The summed E-state index contributed by atoms with van der Waals surface area (Å²) in [5, 5.41) is 17.9. The van der Waals surface area contributed by atoms with E-state index >= 15 is 0 Å². The van der Waals surface area contributed by atoms with Gasteiger partial charge < -0.3 is 20.5 Å². The van der Waals surface area contributed by atoms with Gasteiger partial charge in [0.2, 0.25) is 0 Å². The van der Waals surface area contributed by atoms with Gasteiger partial charge in [-0.25, -0.2) is 4.79 Å². The standard InChI is InChI=1S/C18H24N2O3/c1-13(9-10-23-2)20-18(22)19-12-17(21)16-8-7-14-5-3-4-6-15(14)11-16/h3-8,11,13,17,21H,9-10,12H2,1-2H3,(H2,19,20,22)/t13-,17-/m1/s1. The van der Waals surface area contributed by atoms with Crippen LogP contribution in [-0.4, -0.2) is 37.4 Å². The van der Waals surface area contributed by atoms with Gasteiger partial charge in [-0.1, -0.05) is 36.4 Å². The van der Waals surface area contributed by atoms with E-state index in [-0.39, 0.29) is 18.6 Å². The van der Waals surface area contributed by atoms with Crippen molar-refractivity contribution < 1.29 is 14.6 Å². The lowest BCUT2D eigenvalue weighted by molar-refractivity contribution is 0.170. The number of urea groups is 1. The largest absolute Gasteiger partial charge is 0.387 e. The summed E-state index contributed by atoms with van der Waals surface area (Å²) in [6.45, 7) is 2.68. The average Bonchev–Trinajstić information content (AvgIpc) is 2.57. The molecule has 2 amide bonds. The number of hydrogen-bond acceptors (Lipinski definition) is 3. The normalized spacial score (nSPS) is 13.5. The Hall–Kier alpha value is -2.11. The molecular weight excluding hydrogens is 292 g/mol. The summed E-state index contributed by atoms with van der Waals surface area (Å²) in [6.07, 6.45) is 0.0107. The minimum atomic E-state index is -0.736. The molecule has 0 heterocycles.